The number of piperidine rings is 1. The van der Waals surface area contributed by atoms with Gasteiger partial charge in [-0.05, 0) is 62.0 Å². The van der Waals surface area contributed by atoms with Crippen LogP contribution in [0.4, 0.5) is 0 Å². The fraction of sp³-hybridized carbons (Fsp3) is 0.368. The Balaban J connectivity index is 1.35. The first kappa shape index (κ1) is 15.1. The average Bonchev–Trinajstić information content (AvgIpc) is 3.08. The van der Waals surface area contributed by atoms with Gasteiger partial charge >= 0.3 is 0 Å². The van der Waals surface area contributed by atoms with Crippen molar-refractivity contribution >= 4 is 5.52 Å². The summed E-state index contributed by atoms with van der Waals surface area (Å²) in [6.45, 7) is 3.18. The fourth-order valence-electron chi connectivity index (χ4n) is 3.61. The number of hydrogen-bond acceptors (Lipinski definition) is 3. The molecule has 4 rings (SSSR count). The lowest BCUT2D eigenvalue weighted by Gasteiger charge is -2.32. The van der Waals surface area contributed by atoms with E-state index in [1.807, 2.05) is 29.0 Å². The van der Waals surface area contributed by atoms with Gasteiger partial charge in [0.2, 0.25) is 5.56 Å². The molecular formula is C19H22N4O. The molecule has 1 N–H and O–H groups in total. The number of pyridine rings is 2. The predicted octanol–water partition coefficient (Wildman–Crippen LogP) is 2.48. The van der Waals surface area contributed by atoms with Crippen LogP contribution in [0.15, 0.2) is 53.6 Å². The number of aromatic nitrogens is 3. The number of aromatic amines is 1. The van der Waals surface area contributed by atoms with Gasteiger partial charge in [-0.1, -0.05) is 12.1 Å². The summed E-state index contributed by atoms with van der Waals surface area (Å²) in [6.07, 6.45) is 7.17. The maximum atomic E-state index is 11.1. The van der Waals surface area contributed by atoms with E-state index in [1.54, 1.807) is 6.07 Å². The number of likely N-dealkylation sites (tertiary alicyclic amines) is 1. The van der Waals surface area contributed by atoms with Crippen LogP contribution in [0.2, 0.25) is 0 Å². The zero-order valence-corrected chi connectivity index (χ0v) is 13.7. The Labute approximate surface area is 140 Å². The monoisotopic (exact) mass is 322 g/mol. The minimum Gasteiger partial charge on any atom is -0.329 e. The molecule has 24 heavy (non-hydrogen) atoms. The van der Waals surface area contributed by atoms with Crippen LogP contribution < -0.4 is 5.56 Å². The summed E-state index contributed by atoms with van der Waals surface area (Å²) in [6, 6.07) is 12.0. The van der Waals surface area contributed by atoms with Crippen molar-refractivity contribution in [2.24, 2.45) is 5.92 Å². The van der Waals surface area contributed by atoms with Gasteiger partial charge in [0.1, 0.15) is 0 Å². The lowest BCUT2D eigenvalue weighted by Crippen LogP contribution is -2.34. The summed E-state index contributed by atoms with van der Waals surface area (Å²) in [4.78, 5) is 16.4. The number of nitrogens with zero attached hydrogens (tertiary/aromatic N) is 3. The van der Waals surface area contributed by atoms with Crippen molar-refractivity contribution in [3.63, 3.8) is 0 Å². The van der Waals surface area contributed by atoms with Crippen molar-refractivity contribution in [1.82, 2.24) is 19.5 Å². The first-order chi connectivity index (χ1) is 11.8. The molecule has 0 atom stereocenters. The molecule has 1 aliphatic rings. The Hall–Kier alpha value is -2.40. The maximum Gasteiger partial charge on any atom is 0.247 e. The highest BCUT2D eigenvalue weighted by Crippen LogP contribution is 2.22. The van der Waals surface area contributed by atoms with Crippen LogP contribution in [0.1, 0.15) is 24.1 Å². The highest BCUT2D eigenvalue weighted by Gasteiger charge is 2.20. The molecule has 0 radical (unpaired) electrons. The van der Waals surface area contributed by atoms with E-state index < -0.39 is 0 Å². The molecule has 0 amide bonds. The lowest BCUT2D eigenvalue weighted by molar-refractivity contribution is 0.174. The first-order valence-electron chi connectivity index (χ1n) is 8.59. The molecule has 0 bridgehead atoms. The smallest absolute Gasteiger partial charge is 0.247 e. The molecule has 4 heterocycles. The van der Waals surface area contributed by atoms with Crippen LogP contribution in [0.25, 0.3) is 5.52 Å². The Bertz CT molecular complexity index is 854. The van der Waals surface area contributed by atoms with E-state index >= 15 is 0 Å². The fourth-order valence-corrected chi connectivity index (χ4v) is 3.61. The molecule has 0 unspecified atom stereocenters. The van der Waals surface area contributed by atoms with Crippen molar-refractivity contribution < 1.29 is 0 Å². The van der Waals surface area contributed by atoms with Gasteiger partial charge < -0.3 is 4.98 Å². The Morgan fingerprint density at radius 3 is 2.79 bits per heavy atom. The van der Waals surface area contributed by atoms with E-state index in [0.29, 0.717) is 5.92 Å². The lowest BCUT2D eigenvalue weighted by atomic mass is 9.90. The highest BCUT2D eigenvalue weighted by molar-refractivity contribution is 5.46. The SMILES string of the molecule is O=c1ccc(CC2CCN(Cc3cccc4ccnn34)CC2)c[nH]1. The van der Waals surface area contributed by atoms with Crippen molar-refractivity contribution in [3.05, 3.63) is 70.4 Å². The van der Waals surface area contributed by atoms with Crippen molar-refractivity contribution in [1.29, 1.82) is 0 Å². The average molecular weight is 322 g/mol. The number of hydrogen-bond donors (Lipinski definition) is 1. The third kappa shape index (κ3) is 3.26. The molecule has 3 aromatic heterocycles. The molecule has 3 aromatic rings. The maximum absolute atomic E-state index is 11.1. The molecule has 5 nitrogen and oxygen atoms in total. The largest absolute Gasteiger partial charge is 0.329 e. The van der Waals surface area contributed by atoms with Gasteiger partial charge in [-0.25, -0.2) is 4.52 Å². The minimum absolute atomic E-state index is 0.0265. The standard InChI is InChI=1S/C19H22N4O/c24-19-5-4-16(13-20-19)12-15-7-10-22(11-8-15)14-18-3-1-2-17-6-9-21-23(17)18/h1-6,9,13,15H,7-8,10-12,14H2,(H,20,24). The van der Waals surface area contributed by atoms with Gasteiger partial charge in [0.05, 0.1) is 11.2 Å². The van der Waals surface area contributed by atoms with E-state index in [1.165, 1.54) is 24.1 Å². The first-order valence-corrected chi connectivity index (χ1v) is 8.59. The third-order valence-electron chi connectivity index (χ3n) is 4.97. The van der Waals surface area contributed by atoms with Crippen molar-refractivity contribution in [3.8, 4) is 0 Å². The second-order valence-corrected chi connectivity index (χ2v) is 6.67. The van der Waals surface area contributed by atoms with Crippen LogP contribution in [-0.2, 0) is 13.0 Å². The third-order valence-corrected chi connectivity index (χ3v) is 4.97. The molecule has 0 aromatic carbocycles. The van der Waals surface area contributed by atoms with Crippen LogP contribution >= 0.6 is 0 Å². The normalized spacial score (nSPS) is 16.7. The predicted molar refractivity (Wildman–Crippen MR) is 94.0 cm³/mol. The van der Waals surface area contributed by atoms with Crippen LogP contribution in [0, 0.1) is 5.92 Å². The zero-order chi connectivity index (χ0) is 16.4. The van der Waals surface area contributed by atoms with Crippen molar-refractivity contribution in [2.75, 3.05) is 13.1 Å². The second-order valence-electron chi connectivity index (χ2n) is 6.67. The zero-order valence-electron chi connectivity index (χ0n) is 13.7. The molecule has 1 fully saturated rings. The minimum atomic E-state index is -0.0265. The molecule has 0 aliphatic carbocycles. The van der Waals surface area contributed by atoms with E-state index in [-0.39, 0.29) is 5.56 Å². The highest BCUT2D eigenvalue weighted by atomic mass is 16.1. The molecule has 1 saturated heterocycles. The molecule has 1 aliphatic heterocycles. The Kier molecular flexibility index (Phi) is 4.17. The number of H-pyrrole nitrogens is 1. The number of rotatable bonds is 4. The molecule has 5 heteroatoms. The van der Waals surface area contributed by atoms with E-state index in [9.17, 15) is 4.79 Å². The Morgan fingerprint density at radius 2 is 2.00 bits per heavy atom. The molecule has 0 saturated carbocycles. The number of fused-ring (bicyclic) bond motifs is 1. The van der Waals surface area contributed by atoms with Gasteiger partial charge in [0, 0.05) is 25.0 Å². The summed E-state index contributed by atoms with van der Waals surface area (Å²) >= 11 is 0. The van der Waals surface area contributed by atoms with E-state index in [2.05, 4.69) is 33.2 Å². The van der Waals surface area contributed by atoms with Gasteiger partial charge in [0.15, 0.2) is 0 Å². The molecule has 0 spiro atoms. The van der Waals surface area contributed by atoms with Gasteiger partial charge in [-0.3, -0.25) is 9.69 Å². The molecular weight excluding hydrogens is 300 g/mol. The molecule has 124 valence electrons. The van der Waals surface area contributed by atoms with Gasteiger partial charge in [0.25, 0.3) is 0 Å². The Morgan fingerprint density at radius 1 is 1.12 bits per heavy atom. The summed E-state index contributed by atoms with van der Waals surface area (Å²) in [7, 11) is 0. The topological polar surface area (TPSA) is 53.4 Å². The van der Waals surface area contributed by atoms with Gasteiger partial charge in [-0.15, -0.1) is 0 Å². The van der Waals surface area contributed by atoms with Crippen molar-refractivity contribution in [2.45, 2.75) is 25.8 Å². The quantitative estimate of drug-likeness (QED) is 0.803. The van der Waals surface area contributed by atoms with Crippen LogP contribution in [-0.4, -0.2) is 32.6 Å². The summed E-state index contributed by atoms with van der Waals surface area (Å²) in [5, 5.41) is 4.42. The van der Waals surface area contributed by atoms with E-state index in [4.69, 9.17) is 0 Å². The summed E-state index contributed by atoms with van der Waals surface area (Å²) < 4.78 is 2.03. The summed E-state index contributed by atoms with van der Waals surface area (Å²) in [5.41, 5.74) is 3.60. The summed E-state index contributed by atoms with van der Waals surface area (Å²) in [5.74, 6) is 0.702. The van der Waals surface area contributed by atoms with Crippen LogP contribution in [0.3, 0.4) is 0 Å². The van der Waals surface area contributed by atoms with Gasteiger partial charge in [-0.2, -0.15) is 5.10 Å². The second kappa shape index (κ2) is 6.61. The number of nitrogens with one attached hydrogen (secondary N) is 1. The van der Waals surface area contributed by atoms with Crippen LogP contribution in [0.5, 0.6) is 0 Å². The van der Waals surface area contributed by atoms with E-state index in [0.717, 1.165) is 31.6 Å².